The second kappa shape index (κ2) is 5.76. The number of halogens is 1. The van der Waals surface area contributed by atoms with Gasteiger partial charge < -0.3 is 9.42 Å². The summed E-state index contributed by atoms with van der Waals surface area (Å²) in [6.07, 6.45) is 1.88. The first-order valence-corrected chi connectivity index (χ1v) is 7.77. The minimum absolute atomic E-state index is 0.00242. The molecule has 7 heteroatoms. The van der Waals surface area contributed by atoms with E-state index in [0.717, 1.165) is 42.2 Å². The maximum absolute atomic E-state index is 12.6. The molecule has 0 saturated carbocycles. The molecule has 0 aliphatic carbocycles. The van der Waals surface area contributed by atoms with Gasteiger partial charge in [-0.05, 0) is 33.6 Å². The molecule has 1 saturated heterocycles. The Labute approximate surface area is 134 Å². The number of hydrogen-bond acceptors (Lipinski definition) is 4. The van der Waals surface area contributed by atoms with Crippen molar-refractivity contribution in [2.24, 2.45) is 0 Å². The molecule has 1 atom stereocenters. The van der Waals surface area contributed by atoms with Crippen molar-refractivity contribution in [1.82, 2.24) is 19.8 Å². The van der Waals surface area contributed by atoms with E-state index in [2.05, 4.69) is 10.3 Å². The molecule has 3 heterocycles. The highest BCUT2D eigenvalue weighted by molar-refractivity contribution is 6.31. The number of hydrogen-bond donors (Lipinski definition) is 0. The van der Waals surface area contributed by atoms with Crippen LogP contribution in [0.1, 0.15) is 41.7 Å². The molecule has 1 amide bonds. The third kappa shape index (κ3) is 2.63. The molecule has 1 unspecified atom stereocenters. The summed E-state index contributed by atoms with van der Waals surface area (Å²) in [5.74, 6) is 0.796. The van der Waals surface area contributed by atoms with Gasteiger partial charge in [0.1, 0.15) is 18.0 Å². The van der Waals surface area contributed by atoms with Gasteiger partial charge in [-0.15, -0.1) is 0 Å². The minimum Gasteiger partial charge on any atom is -0.361 e. The molecule has 0 bridgehead atoms. The van der Waals surface area contributed by atoms with Crippen LogP contribution in [0.5, 0.6) is 0 Å². The van der Waals surface area contributed by atoms with Crippen LogP contribution in [-0.4, -0.2) is 32.3 Å². The van der Waals surface area contributed by atoms with Gasteiger partial charge in [0.25, 0.3) is 0 Å². The van der Waals surface area contributed by atoms with Crippen molar-refractivity contribution < 1.29 is 9.32 Å². The molecular weight excluding hydrogens is 304 g/mol. The summed E-state index contributed by atoms with van der Waals surface area (Å²) >= 11 is 6.14. The van der Waals surface area contributed by atoms with Gasteiger partial charge in [0.15, 0.2) is 0 Å². The molecule has 0 aromatic carbocycles. The Balaban J connectivity index is 1.77. The maximum atomic E-state index is 12.6. The second-order valence-electron chi connectivity index (χ2n) is 5.75. The summed E-state index contributed by atoms with van der Waals surface area (Å²) in [6.45, 7) is 6.51. The number of carbonyl (C=O) groups excluding carboxylic acids is 1. The third-order valence-electron chi connectivity index (χ3n) is 4.14. The van der Waals surface area contributed by atoms with E-state index in [4.69, 9.17) is 16.1 Å². The Bertz CT molecular complexity index is 706. The highest BCUT2D eigenvalue weighted by Gasteiger charge is 2.32. The predicted molar refractivity (Wildman–Crippen MR) is 81.6 cm³/mol. The fourth-order valence-electron chi connectivity index (χ4n) is 2.96. The third-order valence-corrected chi connectivity index (χ3v) is 4.69. The van der Waals surface area contributed by atoms with Gasteiger partial charge in [0.2, 0.25) is 5.91 Å². The maximum Gasteiger partial charge on any atom is 0.244 e. The van der Waals surface area contributed by atoms with E-state index in [1.165, 1.54) is 0 Å². The minimum atomic E-state index is -0.00242. The fourth-order valence-corrected chi connectivity index (χ4v) is 3.10. The first-order valence-electron chi connectivity index (χ1n) is 7.39. The molecule has 22 heavy (non-hydrogen) atoms. The van der Waals surface area contributed by atoms with Gasteiger partial charge in [-0.3, -0.25) is 9.48 Å². The molecule has 0 radical (unpaired) electrons. The molecule has 3 rings (SSSR count). The van der Waals surface area contributed by atoms with Crippen molar-refractivity contribution in [2.75, 3.05) is 6.54 Å². The van der Waals surface area contributed by atoms with Gasteiger partial charge in [0, 0.05) is 12.6 Å². The van der Waals surface area contributed by atoms with Crippen molar-refractivity contribution >= 4 is 17.5 Å². The lowest BCUT2D eigenvalue weighted by atomic mass is 10.1. The molecule has 2 aromatic heterocycles. The first-order chi connectivity index (χ1) is 10.5. The van der Waals surface area contributed by atoms with Crippen LogP contribution < -0.4 is 0 Å². The van der Waals surface area contributed by atoms with Gasteiger partial charge in [-0.25, -0.2) is 0 Å². The molecule has 6 nitrogen and oxygen atoms in total. The molecule has 118 valence electrons. The van der Waals surface area contributed by atoms with Crippen LogP contribution in [0.15, 0.2) is 10.6 Å². The normalized spacial score (nSPS) is 18.2. The standard InChI is InChI=1S/C15H19ClN4O2/c1-9-7-12(18-22-9)13-5-4-6-19(13)14(21)8-20-11(3)15(16)10(2)17-20/h7,13H,4-6,8H2,1-3H3. The van der Waals surface area contributed by atoms with E-state index in [0.29, 0.717) is 5.02 Å². The number of aryl methyl sites for hydroxylation is 2. The van der Waals surface area contributed by atoms with Gasteiger partial charge in [-0.2, -0.15) is 5.10 Å². The van der Waals surface area contributed by atoms with Crippen LogP contribution in [-0.2, 0) is 11.3 Å². The monoisotopic (exact) mass is 322 g/mol. The van der Waals surface area contributed by atoms with Crippen molar-refractivity contribution in [3.63, 3.8) is 0 Å². The van der Waals surface area contributed by atoms with Gasteiger partial charge in [-0.1, -0.05) is 16.8 Å². The Morgan fingerprint density at radius 1 is 1.45 bits per heavy atom. The Hall–Kier alpha value is -1.82. The van der Waals surface area contributed by atoms with Crippen LogP contribution >= 0.6 is 11.6 Å². The zero-order chi connectivity index (χ0) is 15.9. The molecule has 2 aromatic rings. The Kier molecular flexibility index (Phi) is 3.95. The SMILES string of the molecule is Cc1cc(C2CCCN2C(=O)Cn2nc(C)c(Cl)c2C)no1. The second-order valence-corrected chi connectivity index (χ2v) is 6.13. The number of rotatable bonds is 3. The van der Waals surface area contributed by atoms with Gasteiger partial charge in [0.05, 0.1) is 22.5 Å². The Morgan fingerprint density at radius 2 is 2.23 bits per heavy atom. The smallest absolute Gasteiger partial charge is 0.244 e. The summed E-state index contributed by atoms with van der Waals surface area (Å²) in [4.78, 5) is 14.5. The quantitative estimate of drug-likeness (QED) is 0.871. The van der Waals surface area contributed by atoms with E-state index in [9.17, 15) is 4.79 Å². The largest absolute Gasteiger partial charge is 0.361 e. The zero-order valence-electron chi connectivity index (χ0n) is 13.0. The van der Waals surface area contributed by atoms with Crippen LogP contribution in [0.4, 0.5) is 0 Å². The topological polar surface area (TPSA) is 64.2 Å². The average Bonchev–Trinajstić information content (AvgIpc) is 3.16. The van der Waals surface area contributed by atoms with Crippen molar-refractivity contribution in [2.45, 2.75) is 46.2 Å². The van der Waals surface area contributed by atoms with E-state index in [1.807, 2.05) is 31.7 Å². The van der Waals surface area contributed by atoms with E-state index < -0.39 is 0 Å². The zero-order valence-corrected chi connectivity index (χ0v) is 13.7. The van der Waals surface area contributed by atoms with Crippen LogP contribution in [0.25, 0.3) is 0 Å². The van der Waals surface area contributed by atoms with E-state index >= 15 is 0 Å². The molecule has 1 fully saturated rings. The number of nitrogens with zero attached hydrogens (tertiary/aromatic N) is 4. The highest BCUT2D eigenvalue weighted by Crippen LogP contribution is 2.32. The molecule has 1 aliphatic rings. The predicted octanol–water partition coefficient (Wildman–Crippen LogP) is 2.81. The summed E-state index contributed by atoms with van der Waals surface area (Å²) < 4.78 is 6.81. The summed E-state index contributed by atoms with van der Waals surface area (Å²) in [5, 5.41) is 9.01. The summed E-state index contributed by atoms with van der Waals surface area (Å²) in [7, 11) is 0. The molecule has 0 N–H and O–H groups in total. The number of aromatic nitrogens is 3. The van der Waals surface area contributed by atoms with Crippen molar-refractivity contribution in [3.8, 4) is 0 Å². The fraction of sp³-hybridized carbons (Fsp3) is 0.533. The molecule has 1 aliphatic heterocycles. The van der Waals surface area contributed by atoms with Crippen molar-refractivity contribution in [1.29, 1.82) is 0 Å². The Morgan fingerprint density at radius 3 is 2.82 bits per heavy atom. The lowest BCUT2D eigenvalue weighted by Gasteiger charge is -2.23. The summed E-state index contributed by atoms with van der Waals surface area (Å²) in [5.41, 5.74) is 2.40. The summed E-state index contributed by atoms with van der Waals surface area (Å²) in [6, 6.07) is 1.90. The molecule has 0 spiro atoms. The number of amides is 1. The molecular formula is C15H19ClN4O2. The van der Waals surface area contributed by atoms with Crippen molar-refractivity contribution in [3.05, 3.63) is 33.9 Å². The average molecular weight is 323 g/mol. The number of carbonyl (C=O) groups is 1. The van der Waals surface area contributed by atoms with Crippen LogP contribution in [0, 0.1) is 20.8 Å². The van der Waals surface area contributed by atoms with Gasteiger partial charge >= 0.3 is 0 Å². The van der Waals surface area contributed by atoms with E-state index in [-0.39, 0.29) is 18.5 Å². The lowest BCUT2D eigenvalue weighted by molar-refractivity contribution is -0.133. The lowest BCUT2D eigenvalue weighted by Crippen LogP contribution is -2.34. The number of likely N-dealkylation sites (tertiary alicyclic amines) is 1. The van der Waals surface area contributed by atoms with Crippen LogP contribution in [0.2, 0.25) is 5.02 Å². The van der Waals surface area contributed by atoms with Crippen LogP contribution in [0.3, 0.4) is 0 Å². The first kappa shape index (κ1) is 15.1. The highest BCUT2D eigenvalue weighted by atomic mass is 35.5. The van der Waals surface area contributed by atoms with E-state index in [1.54, 1.807) is 4.68 Å².